The normalized spacial score (nSPS) is 26.2. The number of carbonyl (C=O) groups is 1. The molecule has 0 spiro atoms. The van der Waals surface area contributed by atoms with E-state index >= 15 is 0 Å². The Hall–Kier alpha value is -2.71. The lowest BCUT2D eigenvalue weighted by Crippen LogP contribution is -2.35. The number of fused-ring (bicyclic) bond motifs is 1. The van der Waals surface area contributed by atoms with E-state index in [1.165, 1.54) is 0 Å². The Morgan fingerprint density at radius 2 is 1.83 bits per heavy atom. The molecule has 1 saturated heterocycles. The van der Waals surface area contributed by atoms with Crippen LogP contribution in [0.4, 0.5) is 0 Å². The van der Waals surface area contributed by atoms with Gasteiger partial charge in [0.25, 0.3) is 0 Å². The number of benzene rings is 2. The van der Waals surface area contributed by atoms with Crippen molar-refractivity contribution in [3.05, 3.63) is 66.8 Å². The quantitative estimate of drug-likeness (QED) is 0.327. The highest BCUT2D eigenvalue weighted by molar-refractivity contribution is 5.83. The average molecular weight is 483 g/mol. The number of carboxylic acid groups (broad SMARTS) is 1. The first-order chi connectivity index (χ1) is 17.0. The van der Waals surface area contributed by atoms with Gasteiger partial charge in [-0.05, 0) is 54.2 Å². The first kappa shape index (κ1) is 25.4. The van der Waals surface area contributed by atoms with Crippen molar-refractivity contribution in [3.63, 3.8) is 0 Å². The molecular weight excluding hydrogens is 448 g/mol. The summed E-state index contributed by atoms with van der Waals surface area (Å²) in [5.74, 6) is -1.52. The van der Waals surface area contributed by atoms with E-state index < -0.39 is 24.0 Å². The zero-order valence-corrected chi connectivity index (χ0v) is 19.8. The largest absolute Gasteiger partial charge is 0.488 e. The van der Waals surface area contributed by atoms with Gasteiger partial charge in [0, 0.05) is 18.8 Å². The summed E-state index contributed by atoms with van der Waals surface area (Å²) in [5, 5.41) is 32.1. The third-order valence-corrected chi connectivity index (χ3v) is 6.76. The number of allylic oxidation sites excluding steroid dienone is 2. The van der Waals surface area contributed by atoms with Crippen molar-refractivity contribution < 1.29 is 34.3 Å². The lowest BCUT2D eigenvalue weighted by Gasteiger charge is -2.26. The van der Waals surface area contributed by atoms with E-state index in [-0.39, 0.29) is 24.9 Å². The molecule has 2 fully saturated rings. The number of hydrogen-bond acceptors (Lipinski definition) is 6. The van der Waals surface area contributed by atoms with Crippen molar-refractivity contribution in [1.82, 2.24) is 0 Å². The molecule has 7 nitrogen and oxygen atoms in total. The van der Waals surface area contributed by atoms with Crippen LogP contribution < -0.4 is 4.74 Å². The Labute approximate surface area is 205 Å². The topological polar surface area (TPSA) is 105 Å². The smallest absolute Gasteiger partial charge is 0.303 e. The standard InChI is InChI=1S/C28H34O7/c29-25-18-26(30)24(23(25)9-3-1-2-4-10-27(31)32)13-14-28(34-15-16-35-28)19-33-22-12-11-20-7-5-6-8-21(20)17-22/h1,3,5-8,11-14,17,23-26,29-30H,2,4,9-10,15-16,18-19H2,(H,31,32)/b3-1-,14-13+/t23-,24-,25-,26-/m1/s1. The first-order valence-electron chi connectivity index (χ1n) is 12.3. The van der Waals surface area contributed by atoms with Crippen LogP contribution in [0, 0.1) is 11.8 Å². The van der Waals surface area contributed by atoms with Gasteiger partial charge in [0.2, 0.25) is 5.79 Å². The van der Waals surface area contributed by atoms with Crippen LogP contribution in [0.5, 0.6) is 5.75 Å². The van der Waals surface area contributed by atoms with Gasteiger partial charge in [0.05, 0.1) is 25.4 Å². The van der Waals surface area contributed by atoms with Gasteiger partial charge in [-0.15, -0.1) is 0 Å². The zero-order valence-electron chi connectivity index (χ0n) is 19.8. The minimum absolute atomic E-state index is 0.142. The van der Waals surface area contributed by atoms with E-state index in [9.17, 15) is 15.0 Å². The van der Waals surface area contributed by atoms with Crippen LogP contribution in [0.2, 0.25) is 0 Å². The van der Waals surface area contributed by atoms with Gasteiger partial charge in [0.1, 0.15) is 12.4 Å². The molecule has 0 amide bonds. The van der Waals surface area contributed by atoms with E-state index in [0.717, 1.165) is 16.5 Å². The summed E-state index contributed by atoms with van der Waals surface area (Å²) in [4.78, 5) is 10.6. The molecule has 35 heavy (non-hydrogen) atoms. The van der Waals surface area contributed by atoms with Crippen LogP contribution in [-0.2, 0) is 14.3 Å². The maximum atomic E-state index is 10.6. The molecule has 0 radical (unpaired) electrons. The van der Waals surface area contributed by atoms with Gasteiger partial charge in [-0.25, -0.2) is 0 Å². The second kappa shape index (κ2) is 11.8. The summed E-state index contributed by atoms with van der Waals surface area (Å²) in [6.45, 7) is 1.06. The molecule has 0 bridgehead atoms. The lowest BCUT2D eigenvalue weighted by molar-refractivity contribution is -0.139. The molecule has 0 aromatic heterocycles. The molecule has 4 rings (SSSR count). The van der Waals surface area contributed by atoms with Crippen LogP contribution in [0.3, 0.4) is 0 Å². The number of hydrogen-bond donors (Lipinski definition) is 3. The molecule has 1 aliphatic heterocycles. The van der Waals surface area contributed by atoms with Gasteiger partial charge in [0.15, 0.2) is 0 Å². The zero-order chi connectivity index (χ0) is 24.7. The molecule has 1 aliphatic carbocycles. The Kier molecular flexibility index (Phi) is 8.57. The highest BCUT2D eigenvalue weighted by atomic mass is 16.8. The lowest BCUT2D eigenvalue weighted by atomic mass is 9.89. The minimum atomic E-state index is -1.05. The second-order valence-corrected chi connectivity index (χ2v) is 9.27. The van der Waals surface area contributed by atoms with Crippen molar-refractivity contribution in [3.8, 4) is 5.75 Å². The predicted molar refractivity (Wildman–Crippen MR) is 132 cm³/mol. The van der Waals surface area contributed by atoms with Crippen LogP contribution in [-0.4, -0.2) is 59.1 Å². The number of rotatable bonds is 11. The van der Waals surface area contributed by atoms with Crippen LogP contribution in [0.15, 0.2) is 66.8 Å². The summed E-state index contributed by atoms with van der Waals surface area (Å²) >= 11 is 0. The van der Waals surface area contributed by atoms with Crippen LogP contribution >= 0.6 is 0 Å². The van der Waals surface area contributed by atoms with E-state index in [1.807, 2.05) is 60.7 Å². The fourth-order valence-electron chi connectivity index (χ4n) is 4.85. The summed E-state index contributed by atoms with van der Waals surface area (Å²) in [6, 6.07) is 14.0. The number of ether oxygens (including phenoxy) is 3. The van der Waals surface area contributed by atoms with E-state index in [0.29, 0.717) is 38.9 Å². The second-order valence-electron chi connectivity index (χ2n) is 9.27. The van der Waals surface area contributed by atoms with Crippen molar-refractivity contribution in [1.29, 1.82) is 0 Å². The number of unbranched alkanes of at least 4 members (excludes halogenated alkanes) is 1. The molecule has 188 valence electrons. The number of aliphatic hydroxyl groups is 2. The number of aliphatic carboxylic acids is 1. The monoisotopic (exact) mass is 482 g/mol. The number of carboxylic acids is 1. The molecule has 2 aromatic carbocycles. The van der Waals surface area contributed by atoms with Crippen molar-refractivity contribution in [2.24, 2.45) is 11.8 Å². The summed E-state index contributed by atoms with van der Waals surface area (Å²) in [5.41, 5.74) is 0. The van der Waals surface area contributed by atoms with E-state index in [2.05, 4.69) is 6.07 Å². The molecule has 1 heterocycles. The molecule has 2 aromatic rings. The number of aliphatic hydroxyl groups excluding tert-OH is 2. The van der Waals surface area contributed by atoms with Crippen molar-refractivity contribution >= 4 is 16.7 Å². The van der Waals surface area contributed by atoms with Gasteiger partial charge in [-0.3, -0.25) is 4.79 Å². The molecule has 0 unspecified atom stereocenters. The van der Waals surface area contributed by atoms with E-state index in [1.54, 1.807) is 0 Å². The molecular formula is C28H34O7. The highest BCUT2D eigenvalue weighted by Crippen LogP contribution is 2.37. The summed E-state index contributed by atoms with van der Waals surface area (Å²) in [6.07, 6.45) is 8.66. The molecule has 4 atom stereocenters. The van der Waals surface area contributed by atoms with Gasteiger partial charge in [-0.2, -0.15) is 0 Å². The molecule has 3 N–H and O–H groups in total. The van der Waals surface area contributed by atoms with Crippen LogP contribution in [0.1, 0.15) is 32.1 Å². The van der Waals surface area contributed by atoms with E-state index in [4.69, 9.17) is 19.3 Å². The summed E-state index contributed by atoms with van der Waals surface area (Å²) in [7, 11) is 0. The third kappa shape index (κ3) is 6.70. The Morgan fingerprint density at radius 1 is 1.06 bits per heavy atom. The van der Waals surface area contributed by atoms with Crippen molar-refractivity contribution in [2.45, 2.75) is 50.1 Å². The Bertz CT molecular complexity index is 1040. The molecule has 1 saturated carbocycles. The Balaban J connectivity index is 1.39. The fraction of sp³-hybridized carbons (Fsp3) is 0.464. The summed E-state index contributed by atoms with van der Waals surface area (Å²) < 4.78 is 17.9. The van der Waals surface area contributed by atoms with Gasteiger partial charge >= 0.3 is 5.97 Å². The van der Waals surface area contributed by atoms with Gasteiger partial charge in [-0.1, -0.05) is 48.6 Å². The Morgan fingerprint density at radius 3 is 2.60 bits per heavy atom. The maximum Gasteiger partial charge on any atom is 0.303 e. The average Bonchev–Trinajstić information content (AvgIpc) is 3.42. The fourth-order valence-corrected chi connectivity index (χ4v) is 4.85. The maximum absolute atomic E-state index is 10.6. The third-order valence-electron chi connectivity index (χ3n) is 6.76. The van der Waals surface area contributed by atoms with Crippen LogP contribution in [0.25, 0.3) is 10.8 Å². The SMILES string of the molecule is O=C(O)CCC/C=C\C[C@@H]1[C@@H](/C=C/C2(COc3ccc4ccccc4c3)OCCO2)[C@H](O)C[C@H]1O. The highest BCUT2D eigenvalue weighted by Gasteiger charge is 2.41. The van der Waals surface area contributed by atoms with Crippen molar-refractivity contribution in [2.75, 3.05) is 19.8 Å². The first-order valence-corrected chi connectivity index (χ1v) is 12.3. The minimum Gasteiger partial charge on any atom is -0.488 e. The molecule has 7 heteroatoms. The molecule has 2 aliphatic rings. The predicted octanol–water partition coefficient (Wildman–Crippen LogP) is 4.08. The van der Waals surface area contributed by atoms with Gasteiger partial charge < -0.3 is 29.5 Å².